The number of nitrogens with two attached hydrogens (primary N) is 1. The first kappa shape index (κ1) is 13.5. The number of aromatic nitrogens is 1. The van der Waals surface area contributed by atoms with Gasteiger partial charge in [0.25, 0.3) is 5.56 Å². The minimum Gasteiger partial charge on any atom is -0.493 e. The van der Waals surface area contributed by atoms with Crippen LogP contribution in [-0.4, -0.2) is 11.2 Å². The lowest BCUT2D eigenvalue weighted by atomic mass is 10.3. The highest BCUT2D eigenvalue weighted by Crippen LogP contribution is 2.17. The van der Waals surface area contributed by atoms with Crippen LogP contribution in [0.4, 0.5) is 5.69 Å². The monoisotopic (exact) mass is 278 g/mol. The third-order valence-electron chi connectivity index (χ3n) is 2.61. The summed E-state index contributed by atoms with van der Waals surface area (Å²) in [6.07, 6.45) is 2.36. The van der Waals surface area contributed by atoms with Crippen molar-refractivity contribution in [2.24, 2.45) is 0 Å². The quantitative estimate of drug-likeness (QED) is 0.855. The Labute approximate surface area is 116 Å². The lowest BCUT2D eigenvalue weighted by molar-refractivity contribution is 0.301. The molecule has 2 rings (SSSR count). The number of hydrogen-bond acceptors (Lipinski definition) is 3. The highest BCUT2D eigenvalue weighted by atomic mass is 35.5. The molecule has 1 heterocycles. The summed E-state index contributed by atoms with van der Waals surface area (Å²) in [7, 11) is 0. The van der Waals surface area contributed by atoms with E-state index in [4.69, 9.17) is 22.1 Å². The molecule has 0 amide bonds. The van der Waals surface area contributed by atoms with E-state index in [2.05, 4.69) is 0 Å². The number of nitrogen functional groups attached to an aromatic ring is 1. The third-order valence-corrected chi connectivity index (χ3v) is 2.85. The zero-order valence-electron chi connectivity index (χ0n) is 10.4. The van der Waals surface area contributed by atoms with Gasteiger partial charge in [-0.2, -0.15) is 0 Å². The first-order valence-electron chi connectivity index (χ1n) is 5.99. The van der Waals surface area contributed by atoms with E-state index in [0.29, 0.717) is 23.9 Å². The van der Waals surface area contributed by atoms with Crippen LogP contribution in [0.15, 0.2) is 47.4 Å². The van der Waals surface area contributed by atoms with E-state index in [1.165, 1.54) is 6.07 Å². The molecule has 0 aliphatic heterocycles. The first-order valence-corrected chi connectivity index (χ1v) is 6.37. The zero-order chi connectivity index (χ0) is 13.7. The molecule has 2 aromatic rings. The van der Waals surface area contributed by atoms with Gasteiger partial charge < -0.3 is 15.0 Å². The maximum atomic E-state index is 11.5. The van der Waals surface area contributed by atoms with Crippen molar-refractivity contribution in [1.82, 2.24) is 4.57 Å². The van der Waals surface area contributed by atoms with Crippen molar-refractivity contribution in [2.45, 2.75) is 13.0 Å². The summed E-state index contributed by atoms with van der Waals surface area (Å²) in [5.41, 5.74) is 6.15. The molecular weight excluding hydrogens is 264 g/mol. The minimum atomic E-state index is -0.0584. The van der Waals surface area contributed by atoms with Crippen LogP contribution in [0.3, 0.4) is 0 Å². The fraction of sp³-hybridized carbons (Fsp3) is 0.214. The molecule has 0 unspecified atom stereocenters. The standard InChI is InChI=1S/C14H15ClN2O2/c15-11-3-1-4-13(9-11)19-8-2-7-17-10-12(16)5-6-14(17)18/h1,3-6,9-10H,2,7-8,16H2. The average molecular weight is 279 g/mol. The highest BCUT2D eigenvalue weighted by molar-refractivity contribution is 6.30. The topological polar surface area (TPSA) is 57.2 Å². The van der Waals surface area contributed by atoms with Crippen molar-refractivity contribution in [3.63, 3.8) is 0 Å². The number of halogens is 1. The Kier molecular flexibility index (Phi) is 4.47. The SMILES string of the molecule is Nc1ccc(=O)n(CCCOc2cccc(Cl)c2)c1. The lowest BCUT2D eigenvalue weighted by Crippen LogP contribution is -2.20. The molecule has 0 saturated heterocycles. The van der Waals surface area contributed by atoms with Gasteiger partial charge in [-0.1, -0.05) is 17.7 Å². The van der Waals surface area contributed by atoms with Gasteiger partial charge in [0.05, 0.1) is 6.61 Å². The summed E-state index contributed by atoms with van der Waals surface area (Å²) >= 11 is 5.85. The summed E-state index contributed by atoms with van der Waals surface area (Å²) < 4.78 is 7.13. The molecule has 0 aliphatic rings. The van der Waals surface area contributed by atoms with Crippen LogP contribution < -0.4 is 16.0 Å². The van der Waals surface area contributed by atoms with Crippen LogP contribution in [0.2, 0.25) is 5.02 Å². The van der Waals surface area contributed by atoms with E-state index >= 15 is 0 Å². The molecule has 0 saturated carbocycles. The van der Waals surface area contributed by atoms with Crippen molar-refractivity contribution in [3.8, 4) is 5.75 Å². The molecule has 0 aliphatic carbocycles. The summed E-state index contributed by atoms with van der Waals surface area (Å²) in [4.78, 5) is 11.5. The van der Waals surface area contributed by atoms with Gasteiger partial charge in [0.1, 0.15) is 5.75 Å². The Bertz CT molecular complexity index is 610. The Morgan fingerprint density at radius 3 is 2.89 bits per heavy atom. The van der Waals surface area contributed by atoms with Gasteiger partial charge in [0.2, 0.25) is 0 Å². The van der Waals surface area contributed by atoms with Crippen LogP contribution in [0.1, 0.15) is 6.42 Å². The van der Waals surface area contributed by atoms with E-state index in [0.717, 1.165) is 12.2 Å². The largest absolute Gasteiger partial charge is 0.493 e. The molecule has 2 N–H and O–H groups in total. The molecule has 0 spiro atoms. The number of rotatable bonds is 5. The number of hydrogen-bond donors (Lipinski definition) is 1. The number of nitrogens with zero attached hydrogens (tertiary/aromatic N) is 1. The van der Waals surface area contributed by atoms with Crippen molar-refractivity contribution >= 4 is 17.3 Å². The second-order valence-corrected chi connectivity index (χ2v) is 4.59. The van der Waals surface area contributed by atoms with E-state index in [1.807, 2.05) is 12.1 Å². The van der Waals surface area contributed by atoms with Gasteiger partial charge in [-0.15, -0.1) is 0 Å². The fourth-order valence-corrected chi connectivity index (χ4v) is 1.89. The highest BCUT2D eigenvalue weighted by Gasteiger charge is 1.98. The maximum Gasteiger partial charge on any atom is 0.250 e. The van der Waals surface area contributed by atoms with Gasteiger partial charge >= 0.3 is 0 Å². The Balaban J connectivity index is 1.84. The van der Waals surface area contributed by atoms with E-state index in [9.17, 15) is 4.79 Å². The second-order valence-electron chi connectivity index (χ2n) is 4.15. The Morgan fingerprint density at radius 1 is 1.26 bits per heavy atom. The van der Waals surface area contributed by atoms with Crippen LogP contribution in [-0.2, 0) is 6.54 Å². The van der Waals surface area contributed by atoms with Gasteiger partial charge in [0, 0.05) is 29.5 Å². The number of pyridine rings is 1. The van der Waals surface area contributed by atoms with Gasteiger partial charge in [-0.3, -0.25) is 4.79 Å². The molecule has 0 bridgehead atoms. The molecule has 0 atom stereocenters. The molecular formula is C14H15ClN2O2. The second kappa shape index (κ2) is 6.29. The van der Waals surface area contributed by atoms with Crippen molar-refractivity contribution in [2.75, 3.05) is 12.3 Å². The van der Waals surface area contributed by atoms with Crippen LogP contribution in [0.5, 0.6) is 5.75 Å². The summed E-state index contributed by atoms with van der Waals surface area (Å²) in [6.45, 7) is 1.09. The lowest BCUT2D eigenvalue weighted by Gasteiger charge is -2.08. The predicted octanol–water partition coefficient (Wildman–Crippen LogP) is 2.55. The number of ether oxygens (including phenoxy) is 1. The Morgan fingerprint density at radius 2 is 2.11 bits per heavy atom. The maximum absolute atomic E-state index is 11.5. The van der Waals surface area contributed by atoms with Crippen LogP contribution >= 0.6 is 11.6 Å². The number of benzene rings is 1. The van der Waals surface area contributed by atoms with E-state index in [1.54, 1.807) is 29.0 Å². The average Bonchev–Trinajstić information content (AvgIpc) is 2.39. The molecule has 1 aromatic carbocycles. The van der Waals surface area contributed by atoms with Crippen molar-refractivity contribution in [3.05, 3.63) is 58.0 Å². The molecule has 0 radical (unpaired) electrons. The normalized spacial score (nSPS) is 10.4. The van der Waals surface area contributed by atoms with Gasteiger partial charge in [0.15, 0.2) is 0 Å². The summed E-state index contributed by atoms with van der Waals surface area (Å²) in [6, 6.07) is 10.3. The van der Waals surface area contributed by atoms with Crippen molar-refractivity contribution in [1.29, 1.82) is 0 Å². The van der Waals surface area contributed by atoms with E-state index in [-0.39, 0.29) is 5.56 Å². The van der Waals surface area contributed by atoms with E-state index < -0.39 is 0 Å². The van der Waals surface area contributed by atoms with Crippen LogP contribution in [0.25, 0.3) is 0 Å². The van der Waals surface area contributed by atoms with Crippen molar-refractivity contribution < 1.29 is 4.74 Å². The Hall–Kier alpha value is -1.94. The molecule has 4 nitrogen and oxygen atoms in total. The predicted molar refractivity (Wildman–Crippen MR) is 76.7 cm³/mol. The number of aryl methyl sites for hydroxylation is 1. The minimum absolute atomic E-state index is 0.0584. The smallest absolute Gasteiger partial charge is 0.250 e. The molecule has 0 fully saturated rings. The zero-order valence-corrected chi connectivity index (χ0v) is 11.1. The summed E-state index contributed by atoms with van der Waals surface area (Å²) in [5.74, 6) is 0.729. The number of anilines is 1. The third kappa shape index (κ3) is 4.03. The molecule has 5 heteroatoms. The molecule has 1 aromatic heterocycles. The fourth-order valence-electron chi connectivity index (χ4n) is 1.71. The first-order chi connectivity index (χ1) is 9.15. The van der Waals surface area contributed by atoms with Crippen LogP contribution in [0, 0.1) is 0 Å². The molecule has 19 heavy (non-hydrogen) atoms. The summed E-state index contributed by atoms with van der Waals surface area (Å²) in [5, 5.41) is 0.643. The van der Waals surface area contributed by atoms with Gasteiger partial charge in [-0.25, -0.2) is 0 Å². The van der Waals surface area contributed by atoms with Gasteiger partial charge in [-0.05, 0) is 30.7 Å². The molecule has 100 valence electrons.